The third-order valence-corrected chi connectivity index (χ3v) is 8.30. The number of carbonyl (C=O) groups excluding carboxylic acids is 1. The van der Waals surface area contributed by atoms with Crippen molar-refractivity contribution in [1.29, 1.82) is 0 Å². The average Bonchev–Trinajstić information content (AvgIpc) is 3.38. The van der Waals surface area contributed by atoms with Crippen LogP contribution in [-0.4, -0.2) is 28.2 Å². The van der Waals surface area contributed by atoms with Crippen molar-refractivity contribution < 1.29 is 28.6 Å². The molecule has 0 saturated heterocycles. The Morgan fingerprint density at radius 2 is 1.72 bits per heavy atom. The maximum atomic E-state index is 14.0. The van der Waals surface area contributed by atoms with Gasteiger partial charge in [-0.3, -0.25) is 9.36 Å². The van der Waals surface area contributed by atoms with E-state index in [0.717, 1.165) is 11.1 Å². The number of rotatable bonds is 9. The Morgan fingerprint density at radius 1 is 0.978 bits per heavy atom. The second-order valence-corrected chi connectivity index (χ2v) is 11.4. The summed E-state index contributed by atoms with van der Waals surface area (Å²) in [7, 11) is 0. The number of hydrogen-bond donors (Lipinski definition) is 1. The Morgan fingerprint density at radius 3 is 2.41 bits per heavy atom. The van der Waals surface area contributed by atoms with Crippen LogP contribution in [0.3, 0.4) is 0 Å². The fourth-order valence-corrected chi connectivity index (χ4v) is 6.17. The molecule has 1 aromatic heterocycles. The summed E-state index contributed by atoms with van der Waals surface area (Å²) >= 11 is 1.19. The summed E-state index contributed by atoms with van der Waals surface area (Å²) in [5.74, 6) is -1.49. The van der Waals surface area contributed by atoms with Gasteiger partial charge in [-0.1, -0.05) is 78.1 Å². The number of aromatic nitrogens is 1. The van der Waals surface area contributed by atoms with Gasteiger partial charge in [0.25, 0.3) is 5.56 Å². The molecule has 4 aromatic carbocycles. The monoisotopic (exact) mass is 634 g/mol. The number of aromatic carboxylic acids is 1. The fourth-order valence-electron chi connectivity index (χ4n) is 5.17. The highest BCUT2D eigenvalue weighted by Gasteiger charge is 2.35. The first-order valence-corrected chi connectivity index (χ1v) is 15.2. The van der Waals surface area contributed by atoms with Gasteiger partial charge >= 0.3 is 11.9 Å². The van der Waals surface area contributed by atoms with Gasteiger partial charge in [-0.25, -0.2) is 19.0 Å². The van der Waals surface area contributed by atoms with Gasteiger partial charge in [-0.15, -0.1) is 0 Å². The Labute approximate surface area is 266 Å². The number of carboxylic acid groups (broad SMARTS) is 1. The molecule has 0 radical (unpaired) electrons. The minimum absolute atomic E-state index is 0.124. The van der Waals surface area contributed by atoms with E-state index in [2.05, 4.69) is 0 Å². The van der Waals surface area contributed by atoms with E-state index in [1.165, 1.54) is 34.1 Å². The van der Waals surface area contributed by atoms with Crippen LogP contribution in [0.15, 0.2) is 118 Å². The van der Waals surface area contributed by atoms with Crippen LogP contribution in [0.5, 0.6) is 5.75 Å². The molecule has 8 nitrogen and oxygen atoms in total. The molecule has 46 heavy (non-hydrogen) atoms. The summed E-state index contributed by atoms with van der Waals surface area (Å²) in [5.41, 5.74) is 3.08. The topological polar surface area (TPSA) is 107 Å². The number of thiazole rings is 1. The Bertz CT molecular complexity index is 2140. The quantitative estimate of drug-likeness (QED) is 0.219. The predicted molar refractivity (Wildman–Crippen MR) is 172 cm³/mol. The van der Waals surface area contributed by atoms with Crippen LogP contribution >= 0.6 is 11.3 Å². The van der Waals surface area contributed by atoms with E-state index in [4.69, 9.17) is 14.5 Å². The first-order valence-electron chi connectivity index (χ1n) is 14.4. The van der Waals surface area contributed by atoms with Crippen LogP contribution < -0.4 is 19.6 Å². The molecule has 1 atom stereocenters. The van der Waals surface area contributed by atoms with Crippen LogP contribution in [0.25, 0.3) is 11.8 Å². The first-order chi connectivity index (χ1) is 22.3. The number of ether oxygens (including phenoxy) is 2. The van der Waals surface area contributed by atoms with Crippen molar-refractivity contribution in [2.24, 2.45) is 4.99 Å². The zero-order valence-electron chi connectivity index (χ0n) is 24.6. The Balaban J connectivity index is 1.40. The molecule has 1 N–H and O–H groups in total. The zero-order chi connectivity index (χ0) is 32.2. The molecule has 5 aromatic rings. The summed E-state index contributed by atoms with van der Waals surface area (Å²) in [6, 6.07) is 27.7. The third-order valence-electron chi connectivity index (χ3n) is 7.32. The highest BCUT2D eigenvalue weighted by Crippen LogP contribution is 2.35. The largest absolute Gasteiger partial charge is 0.489 e. The van der Waals surface area contributed by atoms with Gasteiger partial charge in [0.2, 0.25) is 0 Å². The van der Waals surface area contributed by atoms with Crippen molar-refractivity contribution >= 4 is 35.0 Å². The van der Waals surface area contributed by atoms with Crippen molar-refractivity contribution in [3.63, 3.8) is 0 Å². The van der Waals surface area contributed by atoms with Crippen molar-refractivity contribution in [3.05, 3.63) is 162 Å². The summed E-state index contributed by atoms with van der Waals surface area (Å²) in [6.07, 6.45) is 1.74. The standard InChI is InChI=1S/C36H27FN2O6S/c1-2-44-35(43)30-31(24-8-4-3-5-9-24)38-36-39(32(30)25-13-15-27(37)16-14-25)33(40)29(46-36)20-22-11-17-28(18-12-22)45-21-23-7-6-10-26(19-23)34(41)42/h3-20,32H,2,21H2,1H3,(H,41,42)/b29-20-/t32-/m1/s1. The molecule has 0 spiro atoms. The molecule has 0 aliphatic carbocycles. The van der Waals surface area contributed by atoms with Gasteiger partial charge in [0.05, 0.1) is 34.0 Å². The summed E-state index contributed by atoms with van der Waals surface area (Å²) in [6.45, 7) is 2.02. The number of carboxylic acids is 1. The number of hydrogen-bond acceptors (Lipinski definition) is 7. The van der Waals surface area contributed by atoms with Crippen LogP contribution in [0.2, 0.25) is 0 Å². The number of esters is 1. The smallest absolute Gasteiger partial charge is 0.338 e. The van der Waals surface area contributed by atoms with E-state index in [1.54, 1.807) is 67.6 Å². The van der Waals surface area contributed by atoms with E-state index in [1.807, 2.05) is 30.3 Å². The first kappa shape index (κ1) is 30.4. The van der Waals surface area contributed by atoms with Crippen LogP contribution in [0.4, 0.5) is 4.39 Å². The number of carbonyl (C=O) groups is 2. The molecule has 1 aliphatic rings. The highest BCUT2D eigenvalue weighted by molar-refractivity contribution is 7.07. The molecule has 6 rings (SSSR count). The maximum absolute atomic E-state index is 14.0. The normalized spacial score (nSPS) is 14.4. The molecule has 2 heterocycles. The predicted octanol–water partition coefficient (Wildman–Crippen LogP) is 5.35. The molecular formula is C36H27FN2O6S. The lowest BCUT2D eigenvalue weighted by molar-refractivity contribution is -0.138. The number of nitrogens with zero attached hydrogens (tertiary/aromatic N) is 2. The fraction of sp³-hybridized carbons (Fsp3) is 0.111. The molecule has 0 amide bonds. The van der Waals surface area contributed by atoms with Gasteiger partial charge in [0.15, 0.2) is 4.80 Å². The van der Waals surface area contributed by atoms with Crippen molar-refractivity contribution in [2.45, 2.75) is 19.6 Å². The lowest BCUT2D eigenvalue weighted by Gasteiger charge is -2.25. The second kappa shape index (κ2) is 13.2. The average molecular weight is 635 g/mol. The van der Waals surface area contributed by atoms with E-state index >= 15 is 0 Å². The number of benzene rings is 4. The van der Waals surface area contributed by atoms with Gasteiger partial charge in [0, 0.05) is 5.56 Å². The van der Waals surface area contributed by atoms with Gasteiger partial charge in [-0.2, -0.15) is 0 Å². The number of fused-ring (bicyclic) bond motifs is 1. The van der Waals surface area contributed by atoms with Crippen molar-refractivity contribution in [1.82, 2.24) is 4.57 Å². The molecule has 10 heteroatoms. The van der Waals surface area contributed by atoms with E-state index < -0.39 is 23.8 Å². The van der Waals surface area contributed by atoms with Crippen molar-refractivity contribution in [3.8, 4) is 5.75 Å². The summed E-state index contributed by atoms with van der Waals surface area (Å²) in [5, 5.41) is 9.22. The van der Waals surface area contributed by atoms with Gasteiger partial charge in [-0.05, 0) is 66.1 Å². The van der Waals surface area contributed by atoms with Crippen LogP contribution in [0.1, 0.15) is 45.6 Å². The molecule has 0 fully saturated rings. The minimum Gasteiger partial charge on any atom is -0.489 e. The SMILES string of the molecule is CCOC(=O)C1=C(c2ccccc2)N=c2s/c(=C\c3ccc(OCc4cccc(C(=O)O)c4)cc3)c(=O)n2[C@@H]1c1ccc(F)cc1. The van der Waals surface area contributed by atoms with Crippen molar-refractivity contribution in [2.75, 3.05) is 6.61 Å². The third kappa shape index (κ3) is 6.29. The number of halogens is 1. The maximum Gasteiger partial charge on any atom is 0.338 e. The highest BCUT2D eigenvalue weighted by atomic mass is 32.1. The lowest BCUT2D eigenvalue weighted by Crippen LogP contribution is -2.40. The van der Waals surface area contributed by atoms with E-state index in [9.17, 15) is 23.9 Å². The van der Waals surface area contributed by atoms with Gasteiger partial charge < -0.3 is 14.6 Å². The van der Waals surface area contributed by atoms with E-state index in [0.29, 0.717) is 31.9 Å². The zero-order valence-corrected chi connectivity index (χ0v) is 25.4. The molecule has 230 valence electrons. The summed E-state index contributed by atoms with van der Waals surface area (Å²) < 4.78 is 27.1. The molecular weight excluding hydrogens is 607 g/mol. The second-order valence-electron chi connectivity index (χ2n) is 10.3. The Hall–Kier alpha value is -5.61. The lowest BCUT2D eigenvalue weighted by atomic mass is 9.93. The van der Waals surface area contributed by atoms with Crippen LogP contribution in [0, 0.1) is 5.82 Å². The Kier molecular flexibility index (Phi) is 8.71. The molecule has 1 aliphatic heterocycles. The van der Waals surface area contributed by atoms with E-state index in [-0.39, 0.29) is 29.9 Å². The molecule has 0 bridgehead atoms. The molecule has 0 unspecified atom stereocenters. The van der Waals surface area contributed by atoms with Crippen LogP contribution in [-0.2, 0) is 16.1 Å². The van der Waals surface area contributed by atoms with Gasteiger partial charge in [0.1, 0.15) is 18.2 Å². The minimum atomic E-state index is -1.01. The molecule has 0 saturated carbocycles. The summed E-state index contributed by atoms with van der Waals surface area (Å²) in [4.78, 5) is 44.0.